The lowest BCUT2D eigenvalue weighted by molar-refractivity contribution is -0.117. The molecule has 124 valence electrons. The summed E-state index contributed by atoms with van der Waals surface area (Å²) in [4.78, 5) is 23.1. The third-order valence-corrected chi connectivity index (χ3v) is 3.99. The number of benzene rings is 2. The highest BCUT2D eigenvalue weighted by atomic mass is 19.1. The van der Waals surface area contributed by atoms with E-state index in [-0.39, 0.29) is 22.7 Å². The normalized spacial score (nSPS) is 19.0. The summed E-state index contributed by atoms with van der Waals surface area (Å²) in [5.74, 6) is -4.30. The van der Waals surface area contributed by atoms with Gasteiger partial charge in [-0.3, -0.25) is 9.59 Å². The molecule has 3 N–H and O–H groups in total. The van der Waals surface area contributed by atoms with Crippen molar-refractivity contribution in [1.29, 1.82) is 0 Å². The van der Waals surface area contributed by atoms with Crippen LogP contribution in [-0.4, -0.2) is 11.8 Å². The van der Waals surface area contributed by atoms with E-state index in [2.05, 4.69) is 5.32 Å². The van der Waals surface area contributed by atoms with Crippen LogP contribution in [-0.2, 0) is 4.79 Å². The lowest BCUT2D eigenvalue weighted by Gasteiger charge is -2.07. The number of nitrogens with two attached hydrogens (primary N) is 1. The first-order valence-electron chi connectivity index (χ1n) is 7.22. The Kier molecular flexibility index (Phi) is 4.01. The number of primary amides is 1. The van der Waals surface area contributed by atoms with Gasteiger partial charge in [0.05, 0.1) is 5.56 Å². The molecular formula is C17H13F3N2O2. The van der Waals surface area contributed by atoms with Gasteiger partial charge in [0.1, 0.15) is 17.5 Å². The molecular weight excluding hydrogens is 321 g/mol. The van der Waals surface area contributed by atoms with E-state index in [1.54, 1.807) is 0 Å². The number of anilines is 1. The molecule has 0 bridgehead atoms. The van der Waals surface area contributed by atoms with Gasteiger partial charge in [0, 0.05) is 17.7 Å². The van der Waals surface area contributed by atoms with Gasteiger partial charge in [-0.2, -0.15) is 0 Å². The van der Waals surface area contributed by atoms with E-state index in [9.17, 15) is 22.8 Å². The molecule has 1 aliphatic carbocycles. The maximum atomic E-state index is 13.7. The van der Waals surface area contributed by atoms with E-state index in [1.165, 1.54) is 18.2 Å². The molecule has 2 atom stereocenters. The van der Waals surface area contributed by atoms with Crippen LogP contribution in [0.25, 0.3) is 0 Å². The molecule has 2 aromatic rings. The molecule has 0 spiro atoms. The van der Waals surface area contributed by atoms with Crippen LogP contribution in [0.15, 0.2) is 36.4 Å². The van der Waals surface area contributed by atoms with Crippen LogP contribution < -0.4 is 11.1 Å². The van der Waals surface area contributed by atoms with Gasteiger partial charge in [-0.1, -0.05) is 6.07 Å². The highest BCUT2D eigenvalue weighted by Crippen LogP contribution is 2.48. The number of halogens is 3. The number of nitrogens with one attached hydrogen (secondary N) is 1. The summed E-state index contributed by atoms with van der Waals surface area (Å²) < 4.78 is 40.3. The number of carbonyl (C=O) groups excluding carboxylic acids is 2. The minimum atomic E-state index is -0.903. The van der Waals surface area contributed by atoms with Gasteiger partial charge in [0.25, 0.3) is 5.91 Å². The number of hydrogen-bond acceptors (Lipinski definition) is 2. The van der Waals surface area contributed by atoms with Crippen molar-refractivity contribution in [1.82, 2.24) is 0 Å². The average molecular weight is 334 g/mol. The van der Waals surface area contributed by atoms with Crippen LogP contribution in [0.1, 0.15) is 28.3 Å². The summed E-state index contributed by atoms with van der Waals surface area (Å²) in [5, 5.41) is 2.51. The first-order valence-corrected chi connectivity index (χ1v) is 7.22. The van der Waals surface area contributed by atoms with Crippen LogP contribution in [0, 0.1) is 23.4 Å². The van der Waals surface area contributed by atoms with E-state index in [4.69, 9.17) is 5.73 Å². The molecule has 4 nitrogen and oxygen atoms in total. The fraction of sp³-hybridized carbons (Fsp3) is 0.176. The van der Waals surface area contributed by atoms with Crippen LogP contribution in [0.5, 0.6) is 0 Å². The Morgan fingerprint density at radius 3 is 2.42 bits per heavy atom. The Morgan fingerprint density at radius 1 is 1.04 bits per heavy atom. The van der Waals surface area contributed by atoms with Crippen molar-refractivity contribution in [3.63, 3.8) is 0 Å². The summed E-state index contributed by atoms with van der Waals surface area (Å²) in [6.45, 7) is 0. The maximum absolute atomic E-state index is 13.7. The zero-order valence-corrected chi connectivity index (χ0v) is 12.4. The third kappa shape index (κ3) is 3.10. The van der Waals surface area contributed by atoms with Gasteiger partial charge in [0.15, 0.2) is 0 Å². The Morgan fingerprint density at radius 2 is 1.79 bits per heavy atom. The maximum Gasteiger partial charge on any atom is 0.251 e. The van der Waals surface area contributed by atoms with Crippen LogP contribution in [0.2, 0.25) is 0 Å². The summed E-state index contributed by atoms with van der Waals surface area (Å²) in [7, 11) is 0. The van der Waals surface area contributed by atoms with Crippen molar-refractivity contribution >= 4 is 17.5 Å². The SMILES string of the molecule is NC(=O)c1ccc(NC(=O)[C@@H]2C[C@H]2c2ccc(F)cc2F)cc1F. The molecule has 1 saturated carbocycles. The Bertz CT molecular complexity index is 839. The van der Waals surface area contributed by atoms with E-state index < -0.39 is 35.2 Å². The van der Waals surface area contributed by atoms with Gasteiger partial charge >= 0.3 is 0 Å². The largest absolute Gasteiger partial charge is 0.366 e. The fourth-order valence-corrected chi connectivity index (χ4v) is 2.66. The summed E-state index contributed by atoms with van der Waals surface area (Å²) in [6.07, 6.45) is 0.427. The number of amides is 2. The Balaban J connectivity index is 1.69. The number of rotatable bonds is 4. The molecule has 24 heavy (non-hydrogen) atoms. The minimum Gasteiger partial charge on any atom is -0.366 e. The molecule has 0 radical (unpaired) electrons. The monoisotopic (exact) mass is 334 g/mol. The van der Waals surface area contributed by atoms with Gasteiger partial charge in [0.2, 0.25) is 5.91 Å². The van der Waals surface area contributed by atoms with Crippen molar-refractivity contribution in [3.8, 4) is 0 Å². The zero-order valence-electron chi connectivity index (χ0n) is 12.4. The molecule has 0 aromatic heterocycles. The second kappa shape index (κ2) is 5.99. The standard InChI is InChI=1S/C17H13F3N2O2/c18-8-1-3-10(14(19)5-8)12-7-13(12)17(24)22-9-2-4-11(16(21)23)15(20)6-9/h1-6,12-13H,7H2,(H2,21,23)(H,22,24)/t12-,13+/m0/s1. The predicted molar refractivity (Wildman–Crippen MR) is 80.8 cm³/mol. The summed E-state index contributed by atoms with van der Waals surface area (Å²) in [5.41, 5.74) is 5.19. The van der Waals surface area contributed by atoms with Gasteiger partial charge < -0.3 is 11.1 Å². The molecule has 1 aliphatic rings. The smallest absolute Gasteiger partial charge is 0.251 e. The van der Waals surface area contributed by atoms with Crippen LogP contribution in [0.3, 0.4) is 0 Å². The zero-order chi connectivity index (χ0) is 17.4. The molecule has 2 aromatic carbocycles. The van der Waals surface area contributed by atoms with E-state index >= 15 is 0 Å². The second-order valence-electron chi connectivity index (χ2n) is 5.66. The molecule has 0 heterocycles. The van der Waals surface area contributed by atoms with E-state index in [0.717, 1.165) is 18.2 Å². The van der Waals surface area contributed by atoms with E-state index in [0.29, 0.717) is 6.42 Å². The van der Waals surface area contributed by atoms with Crippen molar-refractivity contribution < 1.29 is 22.8 Å². The fourth-order valence-electron chi connectivity index (χ4n) is 2.66. The Labute approximate surface area is 135 Å². The van der Waals surface area contributed by atoms with Gasteiger partial charge in [-0.15, -0.1) is 0 Å². The highest BCUT2D eigenvalue weighted by Gasteiger charge is 2.45. The molecule has 3 rings (SSSR count). The molecule has 0 unspecified atom stereocenters. The highest BCUT2D eigenvalue weighted by molar-refractivity contribution is 5.97. The topological polar surface area (TPSA) is 72.2 Å². The van der Waals surface area contributed by atoms with Gasteiger partial charge in [-0.05, 0) is 42.2 Å². The summed E-state index contributed by atoms with van der Waals surface area (Å²) >= 11 is 0. The minimum absolute atomic E-state index is 0.174. The molecule has 0 aliphatic heterocycles. The van der Waals surface area contributed by atoms with Crippen molar-refractivity contribution in [2.75, 3.05) is 5.32 Å². The first kappa shape index (κ1) is 16.0. The molecule has 2 amide bonds. The molecule has 7 heteroatoms. The third-order valence-electron chi connectivity index (χ3n) is 3.99. The predicted octanol–water partition coefficient (Wildman–Crippen LogP) is 2.95. The lowest BCUT2D eigenvalue weighted by atomic mass is 10.1. The lowest BCUT2D eigenvalue weighted by Crippen LogP contribution is -2.16. The first-order chi connectivity index (χ1) is 11.4. The molecule has 1 fully saturated rings. The molecule has 0 saturated heterocycles. The van der Waals surface area contributed by atoms with Crippen LogP contribution >= 0.6 is 0 Å². The Hall–Kier alpha value is -2.83. The quantitative estimate of drug-likeness (QED) is 0.902. The van der Waals surface area contributed by atoms with E-state index in [1.807, 2.05) is 0 Å². The number of hydrogen-bond donors (Lipinski definition) is 2. The van der Waals surface area contributed by atoms with Crippen molar-refractivity contribution in [2.24, 2.45) is 11.7 Å². The van der Waals surface area contributed by atoms with Gasteiger partial charge in [-0.25, -0.2) is 13.2 Å². The van der Waals surface area contributed by atoms with Crippen molar-refractivity contribution in [3.05, 3.63) is 65.0 Å². The average Bonchev–Trinajstić information content (AvgIpc) is 3.27. The summed E-state index contributed by atoms with van der Waals surface area (Å²) in [6, 6.07) is 6.77. The van der Waals surface area contributed by atoms with Crippen molar-refractivity contribution in [2.45, 2.75) is 12.3 Å². The number of carbonyl (C=O) groups is 2. The van der Waals surface area contributed by atoms with Crippen LogP contribution in [0.4, 0.5) is 18.9 Å². The second-order valence-corrected chi connectivity index (χ2v) is 5.66.